The van der Waals surface area contributed by atoms with Gasteiger partial charge >= 0.3 is 0 Å². The van der Waals surface area contributed by atoms with E-state index in [9.17, 15) is 4.79 Å². The summed E-state index contributed by atoms with van der Waals surface area (Å²) < 4.78 is 6.05. The summed E-state index contributed by atoms with van der Waals surface area (Å²) in [4.78, 5) is 20.5. The number of carbonyl (C=O) groups excluding carboxylic acids is 1. The van der Waals surface area contributed by atoms with E-state index >= 15 is 0 Å². The Balaban J connectivity index is 1.61. The normalized spacial score (nSPS) is 29.1. The third-order valence-electron chi connectivity index (χ3n) is 4.47. The van der Waals surface area contributed by atoms with Crippen LogP contribution in [0.25, 0.3) is 0 Å². The summed E-state index contributed by atoms with van der Waals surface area (Å²) in [6.07, 6.45) is 4.63. The summed E-state index contributed by atoms with van der Waals surface area (Å²) in [5, 5.41) is 0. The van der Waals surface area contributed by atoms with Crippen LogP contribution in [0.15, 0.2) is 24.4 Å². The Morgan fingerprint density at radius 1 is 1.38 bits per heavy atom. The van der Waals surface area contributed by atoms with Gasteiger partial charge in [0.05, 0.1) is 11.8 Å². The Kier molecular flexibility index (Phi) is 4.22. The first-order valence-electron chi connectivity index (χ1n) is 7.66. The molecule has 5 heteroatoms. The van der Waals surface area contributed by atoms with Crippen molar-refractivity contribution in [2.24, 2.45) is 0 Å². The molecule has 0 aromatic carbocycles. The number of rotatable bonds is 3. The number of aromatic nitrogens is 1. The predicted octanol–water partition coefficient (Wildman–Crippen LogP) is 1.29. The van der Waals surface area contributed by atoms with Crippen LogP contribution in [-0.4, -0.2) is 59.6 Å². The molecule has 3 heterocycles. The van der Waals surface area contributed by atoms with Gasteiger partial charge in [-0.3, -0.25) is 14.7 Å². The SMILES string of the molecule is CN(C)C(=O)[C@H]1CC[C@@H]2[C@@H](CCN2Cc2ccccn2)O1. The fourth-order valence-corrected chi connectivity index (χ4v) is 3.38. The van der Waals surface area contributed by atoms with Crippen LogP contribution in [0.3, 0.4) is 0 Å². The average Bonchev–Trinajstić information content (AvgIpc) is 2.90. The van der Waals surface area contributed by atoms with Gasteiger partial charge in [0, 0.05) is 39.4 Å². The minimum atomic E-state index is -0.254. The largest absolute Gasteiger partial charge is 0.363 e. The van der Waals surface area contributed by atoms with E-state index in [0.29, 0.717) is 6.04 Å². The van der Waals surface area contributed by atoms with Crippen molar-refractivity contribution in [1.82, 2.24) is 14.8 Å². The number of hydrogen-bond donors (Lipinski definition) is 0. The maximum Gasteiger partial charge on any atom is 0.251 e. The summed E-state index contributed by atoms with van der Waals surface area (Å²) in [6, 6.07) is 6.46. The molecule has 21 heavy (non-hydrogen) atoms. The van der Waals surface area contributed by atoms with E-state index < -0.39 is 0 Å². The van der Waals surface area contributed by atoms with E-state index in [2.05, 4.69) is 16.0 Å². The number of ether oxygens (including phenoxy) is 1. The molecule has 0 radical (unpaired) electrons. The fourth-order valence-electron chi connectivity index (χ4n) is 3.38. The van der Waals surface area contributed by atoms with Crippen LogP contribution < -0.4 is 0 Å². The van der Waals surface area contributed by atoms with Gasteiger partial charge in [0.2, 0.25) is 0 Å². The lowest BCUT2D eigenvalue weighted by atomic mass is 9.98. The van der Waals surface area contributed by atoms with Crippen LogP contribution >= 0.6 is 0 Å². The molecule has 0 saturated carbocycles. The molecule has 2 saturated heterocycles. The summed E-state index contributed by atoms with van der Waals surface area (Å²) in [6.45, 7) is 1.90. The quantitative estimate of drug-likeness (QED) is 0.841. The maximum atomic E-state index is 12.0. The van der Waals surface area contributed by atoms with E-state index in [4.69, 9.17) is 4.74 Å². The molecule has 5 nitrogen and oxygen atoms in total. The summed E-state index contributed by atoms with van der Waals surface area (Å²) in [5.41, 5.74) is 1.10. The molecule has 3 rings (SSSR count). The lowest BCUT2D eigenvalue weighted by Gasteiger charge is -2.36. The Hall–Kier alpha value is -1.46. The van der Waals surface area contributed by atoms with E-state index in [0.717, 1.165) is 38.0 Å². The second kappa shape index (κ2) is 6.12. The lowest BCUT2D eigenvalue weighted by molar-refractivity contribution is -0.152. The Morgan fingerprint density at radius 3 is 2.95 bits per heavy atom. The van der Waals surface area contributed by atoms with Crippen LogP contribution in [0.1, 0.15) is 25.0 Å². The van der Waals surface area contributed by atoms with Gasteiger partial charge in [-0.25, -0.2) is 0 Å². The third kappa shape index (κ3) is 3.09. The van der Waals surface area contributed by atoms with Crippen LogP contribution in [0.4, 0.5) is 0 Å². The van der Waals surface area contributed by atoms with Crippen molar-refractivity contribution in [3.63, 3.8) is 0 Å². The topological polar surface area (TPSA) is 45.7 Å². The molecule has 0 aliphatic carbocycles. The second-order valence-electron chi connectivity index (χ2n) is 6.12. The first kappa shape index (κ1) is 14.5. The molecule has 1 aromatic heterocycles. The van der Waals surface area contributed by atoms with Gasteiger partial charge < -0.3 is 9.64 Å². The van der Waals surface area contributed by atoms with Gasteiger partial charge in [-0.1, -0.05) is 6.07 Å². The zero-order valence-corrected chi connectivity index (χ0v) is 12.7. The molecule has 0 N–H and O–H groups in total. The van der Waals surface area contributed by atoms with Gasteiger partial charge in [-0.05, 0) is 31.4 Å². The molecule has 3 atom stereocenters. The number of likely N-dealkylation sites (tertiary alicyclic amines) is 1. The number of likely N-dealkylation sites (N-methyl/N-ethyl adjacent to an activating group) is 1. The van der Waals surface area contributed by atoms with Gasteiger partial charge in [-0.2, -0.15) is 0 Å². The average molecular weight is 289 g/mol. The van der Waals surface area contributed by atoms with Crippen molar-refractivity contribution in [2.45, 2.75) is 44.1 Å². The molecule has 2 aliphatic heterocycles. The van der Waals surface area contributed by atoms with Gasteiger partial charge in [-0.15, -0.1) is 0 Å². The highest BCUT2D eigenvalue weighted by Gasteiger charge is 2.41. The molecule has 114 valence electrons. The van der Waals surface area contributed by atoms with Crippen molar-refractivity contribution in [1.29, 1.82) is 0 Å². The lowest BCUT2D eigenvalue weighted by Crippen LogP contribution is -2.47. The number of hydrogen-bond acceptors (Lipinski definition) is 4. The molecule has 0 spiro atoms. The highest BCUT2D eigenvalue weighted by molar-refractivity contribution is 5.80. The molecule has 0 unspecified atom stereocenters. The van der Waals surface area contributed by atoms with Crippen LogP contribution in [0, 0.1) is 0 Å². The second-order valence-corrected chi connectivity index (χ2v) is 6.12. The number of nitrogens with zero attached hydrogens (tertiary/aromatic N) is 3. The minimum absolute atomic E-state index is 0.0941. The molecule has 2 fully saturated rings. The van der Waals surface area contributed by atoms with E-state index in [1.54, 1.807) is 19.0 Å². The van der Waals surface area contributed by atoms with Gasteiger partial charge in [0.15, 0.2) is 0 Å². The maximum absolute atomic E-state index is 12.0. The summed E-state index contributed by atoms with van der Waals surface area (Å²) in [7, 11) is 3.58. The third-order valence-corrected chi connectivity index (χ3v) is 4.47. The number of fused-ring (bicyclic) bond motifs is 1. The number of pyridine rings is 1. The zero-order chi connectivity index (χ0) is 14.8. The van der Waals surface area contributed by atoms with E-state index in [1.165, 1.54) is 0 Å². The zero-order valence-electron chi connectivity index (χ0n) is 12.7. The fraction of sp³-hybridized carbons (Fsp3) is 0.625. The Labute approximate surface area is 125 Å². The predicted molar refractivity (Wildman–Crippen MR) is 79.6 cm³/mol. The van der Waals surface area contributed by atoms with Gasteiger partial charge in [0.1, 0.15) is 6.10 Å². The first-order chi connectivity index (χ1) is 10.1. The van der Waals surface area contributed by atoms with Crippen molar-refractivity contribution in [3.05, 3.63) is 30.1 Å². The Morgan fingerprint density at radius 2 is 2.24 bits per heavy atom. The Bertz CT molecular complexity index is 492. The van der Waals surface area contributed by atoms with Crippen LogP contribution in [0.5, 0.6) is 0 Å². The van der Waals surface area contributed by atoms with E-state index in [1.807, 2.05) is 18.3 Å². The molecule has 2 aliphatic rings. The first-order valence-corrected chi connectivity index (χ1v) is 7.66. The smallest absolute Gasteiger partial charge is 0.251 e. The standard InChI is InChI=1S/C16H23N3O2/c1-18(2)16(20)15-7-6-13-14(21-15)8-10-19(13)11-12-5-3-4-9-17-12/h3-5,9,13-15H,6-8,10-11H2,1-2H3/t13-,14-,15-/m1/s1. The highest BCUT2D eigenvalue weighted by atomic mass is 16.5. The van der Waals surface area contributed by atoms with Crippen LogP contribution in [0.2, 0.25) is 0 Å². The van der Waals surface area contributed by atoms with Crippen molar-refractivity contribution in [2.75, 3.05) is 20.6 Å². The van der Waals surface area contributed by atoms with Crippen molar-refractivity contribution >= 4 is 5.91 Å². The molecular formula is C16H23N3O2. The summed E-state index contributed by atoms with van der Waals surface area (Å²) >= 11 is 0. The van der Waals surface area contributed by atoms with Gasteiger partial charge in [0.25, 0.3) is 5.91 Å². The molecular weight excluding hydrogens is 266 g/mol. The molecule has 0 bridgehead atoms. The van der Waals surface area contributed by atoms with Crippen molar-refractivity contribution in [3.8, 4) is 0 Å². The van der Waals surface area contributed by atoms with Crippen molar-refractivity contribution < 1.29 is 9.53 Å². The van der Waals surface area contributed by atoms with Crippen LogP contribution in [-0.2, 0) is 16.1 Å². The molecule has 1 aromatic rings. The minimum Gasteiger partial charge on any atom is -0.363 e. The number of carbonyl (C=O) groups is 1. The summed E-state index contributed by atoms with van der Waals surface area (Å²) in [5.74, 6) is 0.0941. The highest BCUT2D eigenvalue weighted by Crippen LogP contribution is 2.32. The molecule has 1 amide bonds. The van der Waals surface area contributed by atoms with E-state index in [-0.39, 0.29) is 18.1 Å². The monoisotopic (exact) mass is 289 g/mol. The number of amides is 1.